The maximum Gasteiger partial charge on any atom is 0.161 e. The van der Waals surface area contributed by atoms with Gasteiger partial charge in [0.15, 0.2) is 11.5 Å². The molecule has 6 nitrogen and oxygen atoms in total. The molecule has 2 atom stereocenters. The second-order valence-corrected chi connectivity index (χ2v) is 6.45. The quantitative estimate of drug-likeness (QED) is 0.791. The van der Waals surface area contributed by atoms with Gasteiger partial charge in [-0.05, 0) is 26.0 Å². The Labute approximate surface area is 148 Å². The normalized spacial score (nSPS) is 20.8. The van der Waals surface area contributed by atoms with Crippen LogP contribution in [-0.4, -0.2) is 54.1 Å². The molecule has 0 bridgehead atoms. The van der Waals surface area contributed by atoms with Crippen LogP contribution in [0.15, 0.2) is 34.9 Å². The van der Waals surface area contributed by atoms with Gasteiger partial charge in [-0.15, -0.1) is 0 Å². The fourth-order valence-electron chi connectivity index (χ4n) is 3.22. The van der Waals surface area contributed by atoms with Gasteiger partial charge in [-0.2, -0.15) is 0 Å². The van der Waals surface area contributed by atoms with E-state index in [9.17, 15) is 5.11 Å². The van der Waals surface area contributed by atoms with Crippen molar-refractivity contribution in [3.63, 3.8) is 0 Å². The molecule has 3 rings (SSSR count). The first-order valence-electron chi connectivity index (χ1n) is 8.83. The smallest absolute Gasteiger partial charge is 0.161 e. The minimum absolute atomic E-state index is 0.170. The Kier molecular flexibility index (Phi) is 5.94. The zero-order chi connectivity index (χ0) is 17.6. The maximum atomic E-state index is 10.3. The van der Waals surface area contributed by atoms with Gasteiger partial charge in [0.2, 0.25) is 0 Å². The Balaban J connectivity index is 1.46. The summed E-state index contributed by atoms with van der Waals surface area (Å²) >= 11 is 0. The van der Waals surface area contributed by atoms with Gasteiger partial charge in [-0.3, -0.25) is 4.90 Å². The van der Waals surface area contributed by atoms with E-state index in [0.29, 0.717) is 26.2 Å². The van der Waals surface area contributed by atoms with Crippen LogP contribution in [0.25, 0.3) is 0 Å². The number of ether oxygens (including phenoxy) is 2. The van der Waals surface area contributed by atoms with E-state index >= 15 is 0 Å². The molecule has 1 aliphatic heterocycles. The molecular weight excluding hydrogens is 320 g/mol. The van der Waals surface area contributed by atoms with Crippen molar-refractivity contribution in [2.75, 3.05) is 32.8 Å². The summed E-state index contributed by atoms with van der Waals surface area (Å²) in [6.45, 7) is 7.29. The first-order valence-corrected chi connectivity index (χ1v) is 8.83. The van der Waals surface area contributed by atoms with Crippen molar-refractivity contribution in [3.05, 3.63) is 41.8 Å². The van der Waals surface area contributed by atoms with E-state index < -0.39 is 0 Å². The summed E-state index contributed by atoms with van der Waals surface area (Å²) in [6, 6.07) is 9.63. The minimum atomic E-state index is -0.346. The summed E-state index contributed by atoms with van der Waals surface area (Å²) in [5.74, 6) is 2.54. The van der Waals surface area contributed by atoms with Gasteiger partial charge in [0.1, 0.15) is 12.4 Å². The summed E-state index contributed by atoms with van der Waals surface area (Å²) < 4.78 is 16.7. The van der Waals surface area contributed by atoms with E-state index in [0.717, 1.165) is 36.0 Å². The molecule has 2 heterocycles. The molecular formula is C19H26N2O4. The SMILES string of the molecule is CCOc1ccccc1OCCN1CC(O)C(Cc2cc(C)no2)C1. The van der Waals surface area contributed by atoms with Crippen LogP contribution in [0.1, 0.15) is 18.4 Å². The Bertz CT molecular complexity index is 673. The monoisotopic (exact) mass is 346 g/mol. The third-order valence-electron chi connectivity index (χ3n) is 4.44. The fraction of sp³-hybridized carbons (Fsp3) is 0.526. The summed E-state index contributed by atoms with van der Waals surface area (Å²) in [5, 5.41) is 14.2. The first-order chi connectivity index (χ1) is 12.2. The number of hydrogen-bond acceptors (Lipinski definition) is 6. The molecule has 1 aliphatic rings. The van der Waals surface area contributed by atoms with E-state index in [4.69, 9.17) is 14.0 Å². The van der Waals surface area contributed by atoms with Crippen molar-refractivity contribution in [2.24, 2.45) is 5.92 Å². The molecule has 1 N–H and O–H groups in total. The lowest BCUT2D eigenvalue weighted by atomic mass is 10.0. The molecule has 0 aliphatic carbocycles. The molecule has 0 saturated carbocycles. The second-order valence-electron chi connectivity index (χ2n) is 6.45. The van der Waals surface area contributed by atoms with Crippen LogP contribution in [0.2, 0.25) is 0 Å². The van der Waals surface area contributed by atoms with Gasteiger partial charge in [0.05, 0.1) is 18.4 Å². The maximum absolute atomic E-state index is 10.3. The Morgan fingerprint density at radius 2 is 2.00 bits per heavy atom. The largest absolute Gasteiger partial charge is 0.490 e. The number of aromatic nitrogens is 1. The fourth-order valence-corrected chi connectivity index (χ4v) is 3.22. The molecule has 2 unspecified atom stereocenters. The molecule has 1 saturated heterocycles. The number of aliphatic hydroxyl groups is 1. The molecule has 2 aromatic rings. The van der Waals surface area contributed by atoms with Gasteiger partial charge in [0.25, 0.3) is 0 Å². The molecule has 1 aromatic carbocycles. The van der Waals surface area contributed by atoms with Gasteiger partial charge < -0.3 is 19.1 Å². The predicted molar refractivity (Wildman–Crippen MR) is 94.0 cm³/mol. The van der Waals surface area contributed by atoms with Crippen LogP contribution >= 0.6 is 0 Å². The van der Waals surface area contributed by atoms with Crippen LogP contribution < -0.4 is 9.47 Å². The second kappa shape index (κ2) is 8.36. The average Bonchev–Trinajstić information content (AvgIpc) is 3.15. The Morgan fingerprint density at radius 1 is 1.24 bits per heavy atom. The lowest BCUT2D eigenvalue weighted by Crippen LogP contribution is -2.27. The molecule has 6 heteroatoms. The number of rotatable bonds is 8. The summed E-state index contributed by atoms with van der Waals surface area (Å²) in [7, 11) is 0. The number of nitrogens with zero attached hydrogens (tertiary/aromatic N) is 2. The van der Waals surface area contributed by atoms with Crippen LogP contribution in [0.5, 0.6) is 11.5 Å². The van der Waals surface area contributed by atoms with Crippen LogP contribution in [-0.2, 0) is 6.42 Å². The lowest BCUT2D eigenvalue weighted by molar-refractivity contribution is 0.136. The van der Waals surface area contributed by atoms with Crippen molar-refractivity contribution in [1.29, 1.82) is 0 Å². The van der Waals surface area contributed by atoms with Crippen molar-refractivity contribution in [2.45, 2.75) is 26.4 Å². The topological polar surface area (TPSA) is 68.0 Å². The van der Waals surface area contributed by atoms with E-state index in [1.807, 2.05) is 44.2 Å². The number of aryl methyl sites for hydroxylation is 1. The highest BCUT2D eigenvalue weighted by molar-refractivity contribution is 5.39. The highest BCUT2D eigenvalue weighted by Crippen LogP contribution is 2.27. The van der Waals surface area contributed by atoms with Crippen molar-refractivity contribution < 1.29 is 19.1 Å². The van der Waals surface area contributed by atoms with Gasteiger partial charge in [0, 0.05) is 38.0 Å². The minimum Gasteiger partial charge on any atom is -0.490 e. The number of para-hydroxylation sites is 2. The van der Waals surface area contributed by atoms with Crippen molar-refractivity contribution >= 4 is 0 Å². The summed E-state index contributed by atoms with van der Waals surface area (Å²) in [6.07, 6.45) is 0.369. The van der Waals surface area contributed by atoms with Crippen LogP contribution in [0.4, 0.5) is 0 Å². The first kappa shape index (κ1) is 17.8. The Morgan fingerprint density at radius 3 is 2.68 bits per heavy atom. The van der Waals surface area contributed by atoms with Crippen LogP contribution in [0, 0.1) is 12.8 Å². The van der Waals surface area contributed by atoms with Gasteiger partial charge in [-0.25, -0.2) is 0 Å². The summed E-state index contributed by atoms with van der Waals surface area (Å²) in [4.78, 5) is 2.22. The average molecular weight is 346 g/mol. The molecule has 25 heavy (non-hydrogen) atoms. The summed E-state index contributed by atoms with van der Waals surface area (Å²) in [5.41, 5.74) is 0.876. The third kappa shape index (κ3) is 4.74. The van der Waals surface area contributed by atoms with E-state index in [-0.39, 0.29) is 12.0 Å². The van der Waals surface area contributed by atoms with Gasteiger partial charge >= 0.3 is 0 Å². The number of β-amino-alcohol motifs (C(OH)–C–C–N with tert-alkyl or cyclic N) is 1. The highest BCUT2D eigenvalue weighted by Gasteiger charge is 2.32. The number of hydrogen-bond donors (Lipinski definition) is 1. The zero-order valence-corrected chi connectivity index (χ0v) is 14.9. The molecule has 1 aromatic heterocycles. The molecule has 136 valence electrons. The molecule has 0 spiro atoms. The number of benzene rings is 1. The number of aliphatic hydroxyl groups excluding tert-OH is 1. The van der Waals surface area contributed by atoms with Crippen molar-refractivity contribution in [3.8, 4) is 11.5 Å². The van der Waals surface area contributed by atoms with E-state index in [1.165, 1.54) is 0 Å². The van der Waals surface area contributed by atoms with E-state index in [1.54, 1.807) is 0 Å². The highest BCUT2D eigenvalue weighted by atomic mass is 16.5. The molecule has 0 amide bonds. The molecule has 1 fully saturated rings. The van der Waals surface area contributed by atoms with Crippen molar-refractivity contribution in [1.82, 2.24) is 10.1 Å². The predicted octanol–water partition coefficient (Wildman–Crippen LogP) is 2.30. The zero-order valence-electron chi connectivity index (χ0n) is 14.9. The molecule has 0 radical (unpaired) electrons. The van der Waals surface area contributed by atoms with Crippen LogP contribution in [0.3, 0.4) is 0 Å². The van der Waals surface area contributed by atoms with Gasteiger partial charge in [-0.1, -0.05) is 17.3 Å². The standard InChI is InChI=1S/C19H26N2O4/c1-3-23-18-6-4-5-7-19(18)24-9-8-21-12-15(17(22)13-21)11-16-10-14(2)20-25-16/h4-7,10,15,17,22H,3,8-9,11-13H2,1-2H3. The van der Waals surface area contributed by atoms with E-state index in [2.05, 4.69) is 10.1 Å². The third-order valence-corrected chi connectivity index (χ3v) is 4.44. The lowest BCUT2D eigenvalue weighted by Gasteiger charge is -2.17. The number of likely N-dealkylation sites (tertiary alicyclic amines) is 1. The Hall–Kier alpha value is -2.05.